The van der Waals surface area contributed by atoms with E-state index in [4.69, 9.17) is 9.47 Å². The molecule has 1 aromatic rings. The van der Waals surface area contributed by atoms with E-state index in [1.54, 1.807) is 39.0 Å². The molecule has 0 saturated carbocycles. The summed E-state index contributed by atoms with van der Waals surface area (Å²) in [6.45, 7) is 10.7. The Morgan fingerprint density at radius 3 is 2.21 bits per heavy atom. The van der Waals surface area contributed by atoms with Crippen LogP contribution in [0.25, 0.3) is 0 Å². The van der Waals surface area contributed by atoms with Crippen molar-refractivity contribution < 1.29 is 28.6 Å². The van der Waals surface area contributed by atoms with Crippen molar-refractivity contribution in [1.29, 1.82) is 0 Å². The van der Waals surface area contributed by atoms with Gasteiger partial charge in [-0.2, -0.15) is 0 Å². The van der Waals surface area contributed by atoms with Gasteiger partial charge in [0.05, 0.1) is 24.9 Å². The maximum absolute atomic E-state index is 12.4. The Hall–Kier alpha value is -2.61. The standard InChI is InChI=1S/C20H30N2O6/c1-19(2,3)27-12-15(17(24)28-20(4,5)6)22-18(25)21-14-10-8-9-13(11-14)16(23)26-7/h8-11,15H,12H2,1-7H3,(H2,21,22,25). The van der Waals surface area contributed by atoms with Crippen LogP contribution < -0.4 is 10.6 Å². The molecule has 1 aromatic carbocycles. The molecule has 0 bridgehead atoms. The van der Waals surface area contributed by atoms with Crippen LogP contribution in [0.15, 0.2) is 24.3 Å². The first-order chi connectivity index (χ1) is 12.8. The molecule has 0 heterocycles. The van der Waals surface area contributed by atoms with Gasteiger partial charge in [0, 0.05) is 5.69 Å². The van der Waals surface area contributed by atoms with Gasteiger partial charge in [0.15, 0.2) is 6.04 Å². The van der Waals surface area contributed by atoms with Crippen molar-refractivity contribution in [2.75, 3.05) is 19.0 Å². The number of carbonyl (C=O) groups is 3. The predicted octanol–water partition coefficient (Wildman–Crippen LogP) is 3.12. The summed E-state index contributed by atoms with van der Waals surface area (Å²) in [5, 5.41) is 5.14. The number of hydrogen-bond acceptors (Lipinski definition) is 6. The number of amides is 2. The van der Waals surface area contributed by atoms with Crippen molar-refractivity contribution in [3.05, 3.63) is 29.8 Å². The van der Waals surface area contributed by atoms with Crippen LogP contribution in [0.5, 0.6) is 0 Å². The average Bonchev–Trinajstić information content (AvgIpc) is 2.55. The summed E-state index contributed by atoms with van der Waals surface area (Å²) in [7, 11) is 1.27. The topological polar surface area (TPSA) is 103 Å². The monoisotopic (exact) mass is 394 g/mol. The number of methoxy groups -OCH3 is 1. The molecule has 1 rings (SSSR count). The largest absolute Gasteiger partial charge is 0.465 e. The Morgan fingerprint density at radius 2 is 1.68 bits per heavy atom. The Kier molecular flexibility index (Phi) is 7.99. The summed E-state index contributed by atoms with van der Waals surface area (Å²) in [6, 6.07) is 4.63. The molecule has 1 atom stereocenters. The van der Waals surface area contributed by atoms with E-state index in [1.807, 2.05) is 20.8 Å². The molecule has 0 aliphatic heterocycles. The maximum atomic E-state index is 12.4. The number of hydrogen-bond donors (Lipinski definition) is 2. The van der Waals surface area contributed by atoms with Gasteiger partial charge >= 0.3 is 18.0 Å². The van der Waals surface area contributed by atoms with E-state index in [1.165, 1.54) is 13.2 Å². The molecule has 8 heteroatoms. The Labute approximate surface area is 165 Å². The summed E-state index contributed by atoms with van der Waals surface area (Å²) >= 11 is 0. The molecule has 156 valence electrons. The van der Waals surface area contributed by atoms with Crippen LogP contribution in [0.4, 0.5) is 10.5 Å². The second-order valence-corrected chi connectivity index (χ2v) is 8.18. The minimum Gasteiger partial charge on any atom is -0.465 e. The van der Waals surface area contributed by atoms with Gasteiger partial charge in [-0.25, -0.2) is 14.4 Å². The smallest absolute Gasteiger partial charge is 0.337 e. The van der Waals surface area contributed by atoms with E-state index in [0.29, 0.717) is 11.3 Å². The third-order valence-electron chi connectivity index (χ3n) is 3.22. The lowest BCUT2D eigenvalue weighted by molar-refractivity contribution is -0.160. The predicted molar refractivity (Wildman–Crippen MR) is 105 cm³/mol. The number of anilines is 1. The third kappa shape index (κ3) is 8.85. The number of nitrogens with one attached hydrogen (secondary N) is 2. The number of carbonyl (C=O) groups excluding carboxylic acids is 3. The van der Waals surface area contributed by atoms with Crippen molar-refractivity contribution in [1.82, 2.24) is 5.32 Å². The van der Waals surface area contributed by atoms with E-state index in [2.05, 4.69) is 15.4 Å². The van der Waals surface area contributed by atoms with Crippen molar-refractivity contribution in [2.45, 2.75) is 58.8 Å². The zero-order chi connectivity index (χ0) is 21.5. The highest BCUT2D eigenvalue weighted by Crippen LogP contribution is 2.13. The van der Waals surface area contributed by atoms with Crippen LogP contribution in [0, 0.1) is 0 Å². The van der Waals surface area contributed by atoms with Gasteiger partial charge in [0.25, 0.3) is 0 Å². The number of rotatable bonds is 6. The van der Waals surface area contributed by atoms with Gasteiger partial charge in [-0.05, 0) is 59.7 Å². The van der Waals surface area contributed by atoms with Crippen LogP contribution in [0.1, 0.15) is 51.9 Å². The second kappa shape index (κ2) is 9.54. The van der Waals surface area contributed by atoms with Crippen molar-refractivity contribution >= 4 is 23.7 Å². The number of benzene rings is 1. The fourth-order valence-electron chi connectivity index (χ4n) is 2.04. The van der Waals surface area contributed by atoms with Crippen LogP contribution in [0.3, 0.4) is 0 Å². The van der Waals surface area contributed by atoms with E-state index in [0.717, 1.165) is 0 Å². The molecule has 0 fully saturated rings. The van der Waals surface area contributed by atoms with Gasteiger partial charge < -0.3 is 24.8 Å². The molecule has 0 spiro atoms. The summed E-state index contributed by atoms with van der Waals surface area (Å²) < 4.78 is 15.7. The van der Waals surface area contributed by atoms with E-state index in [-0.39, 0.29) is 6.61 Å². The Bertz CT molecular complexity index is 703. The molecular weight excluding hydrogens is 364 g/mol. The molecule has 0 aromatic heterocycles. The fourth-order valence-corrected chi connectivity index (χ4v) is 2.04. The molecule has 0 saturated heterocycles. The van der Waals surface area contributed by atoms with Crippen LogP contribution in [-0.2, 0) is 19.0 Å². The number of urea groups is 1. The van der Waals surface area contributed by atoms with Gasteiger partial charge in [-0.15, -0.1) is 0 Å². The zero-order valence-electron chi connectivity index (χ0n) is 17.5. The van der Waals surface area contributed by atoms with E-state index >= 15 is 0 Å². The first kappa shape index (κ1) is 23.4. The highest BCUT2D eigenvalue weighted by molar-refractivity contribution is 5.95. The third-order valence-corrected chi connectivity index (χ3v) is 3.22. The molecule has 0 radical (unpaired) electrons. The summed E-state index contributed by atoms with van der Waals surface area (Å²) in [6.07, 6.45) is 0. The second-order valence-electron chi connectivity index (χ2n) is 8.18. The normalized spacial score (nSPS) is 12.7. The van der Waals surface area contributed by atoms with Crippen molar-refractivity contribution in [2.24, 2.45) is 0 Å². The van der Waals surface area contributed by atoms with Crippen LogP contribution in [0.2, 0.25) is 0 Å². The van der Waals surface area contributed by atoms with Crippen LogP contribution >= 0.6 is 0 Å². The molecule has 0 aliphatic carbocycles. The lowest BCUT2D eigenvalue weighted by Crippen LogP contribution is -2.49. The molecule has 2 N–H and O–H groups in total. The quantitative estimate of drug-likeness (QED) is 0.719. The summed E-state index contributed by atoms with van der Waals surface area (Å²) in [5.41, 5.74) is -0.530. The minimum atomic E-state index is -0.998. The molecule has 28 heavy (non-hydrogen) atoms. The van der Waals surface area contributed by atoms with Gasteiger partial charge in [-0.1, -0.05) is 6.07 Å². The van der Waals surface area contributed by atoms with Crippen molar-refractivity contribution in [3.8, 4) is 0 Å². The van der Waals surface area contributed by atoms with Gasteiger partial charge in [0.2, 0.25) is 0 Å². The fraction of sp³-hybridized carbons (Fsp3) is 0.550. The SMILES string of the molecule is COC(=O)c1cccc(NC(=O)NC(COC(C)(C)C)C(=O)OC(C)(C)C)c1. The van der Waals surface area contributed by atoms with Gasteiger partial charge in [0.1, 0.15) is 5.60 Å². The molecule has 8 nitrogen and oxygen atoms in total. The lowest BCUT2D eigenvalue weighted by Gasteiger charge is -2.27. The minimum absolute atomic E-state index is 0.0476. The zero-order valence-corrected chi connectivity index (χ0v) is 17.5. The molecule has 2 amide bonds. The Morgan fingerprint density at radius 1 is 1.04 bits per heavy atom. The van der Waals surface area contributed by atoms with Gasteiger partial charge in [-0.3, -0.25) is 0 Å². The maximum Gasteiger partial charge on any atom is 0.337 e. The molecular formula is C20H30N2O6. The lowest BCUT2D eigenvalue weighted by atomic mass is 10.1. The first-order valence-corrected chi connectivity index (χ1v) is 8.93. The van der Waals surface area contributed by atoms with E-state index in [9.17, 15) is 14.4 Å². The number of esters is 2. The molecule has 0 aliphatic rings. The summed E-state index contributed by atoms with van der Waals surface area (Å²) in [4.78, 5) is 36.4. The highest BCUT2D eigenvalue weighted by atomic mass is 16.6. The average molecular weight is 394 g/mol. The first-order valence-electron chi connectivity index (χ1n) is 8.93. The highest BCUT2D eigenvalue weighted by Gasteiger charge is 2.28. The van der Waals surface area contributed by atoms with Crippen molar-refractivity contribution in [3.63, 3.8) is 0 Å². The molecule has 1 unspecified atom stereocenters. The summed E-state index contributed by atoms with van der Waals surface area (Å²) in [5.74, 6) is -1.12. The Balaban J connectivity index is 2.85. The number of ether oxygens (including phenoxy) is 3. The van der Waals surface area contributed by atoms with Crippen LogP contribution in [-0.4, -0.2) is 48.9 Å². The van der Waals surface area contributed by atoms with E-state index < -0.39 is 35.2 Å².